The quantitative estimate of drug-likeness (QED) is 0.425. The molecule has 0 fully saturated rings. The third-order valence-electron chi connectivity index (χ3n) is 5.68. The molecule has 2 aromatic carbocycles. The number of amides is 2. The zero-order valence-electron chi connectivity index (χ0n) is 18.8. The Morgan fingerprint density at radius 2 is 1.54 bits per heavy atom. The van der Waals surface area contributed by atoms with Crippen molar-refractivity contribution in [3.8, 4) is 11.1 Å². The smallest absolute Gasteiger partial charge is 0.407 e. The fraction of sp³-hybridized carbons (Fsp3) is 0.375. The molecule has 188 valence electrons. The van der Waals surface area contributed by atoms with E-state index in [1.54, 1.807) is 0 Å². The van der Waals surface area contributed by atoms with Crippen molar-refractivity contribution in [1.82, 2.24) is 10.6 Å². The number of benzene rings is 2. The summed E-state index contributed by atoms with van der Waals surface area (Å²) in [6, 6.07) is 15.1. The SMILES string of the molecule is CC(O)(CNC(=O)C(CNC(=O)OCC1c2ccccc2-c2ccccc21)C(F)(F)F)CC(=O)O. The van der Waals surface area contributed by atoms with Crippen molar-refractivity contribution < 1.29 is 42.5 Å². The molecule has 0 spiro atoms. The van der Waals surface area contributed by atoms with E-state index in [-0.39, 0.29) is 12.5 Å². The molecule has 0 bridgehead atoms. The van der Waals surface area contributed by atoms with Crippen molar-refractivity contribution >= 4 is 18.0 Å². The molecule has 1 aliphatic rings. The van der Waals surface area contributed by atoms with E-state index in [4.69, 9.17) is 9.84 Å². The maximum atomic E-state index is 13.4. The fourth-order valence-corrected chi connectivity index (χ4v) is 3.98. The maximum Gasteiger partial charge on any atom is 0.407 e. The maximum absolute atomic E-state index is 13.4. The number of carboxylic acids is 1. The Morgan fingerprint density at radius 1 is 1.00 bits per heavy atom. The van der Waals surface area contributed by atoms with Crippen LogP contribution in [0.15, 0.2) is 48.5 Å². The number of carboxylic acid groups (broad SMARTS) is 1. The number of aliphatic carboxylic acids is 1. The number of alkyl halides is 3. The normalized spacial score (nSPS) is 15.3. The number of hydrogen-bond acceptors (Lipinski definition) is 5. The van der Waals surface area contributed by atoms with Crippen LogP contribution in [0.1, 0.15) is 30.4 Å². The van der Waals surface area contributed by atoms with Gasteiger partial charge in [0, 0.05) is 19.0 Å². The van der Waals surface area contributed by atoms with Gasteiger partial charge in [-0.05, 0) is 29.2 Å². The molecule has 0 aliphatic heterocycles. The Bertz CT molecular complexity index is 1060. The second-order valence-electron chi connectivity index (χ2n) is 8.59. The lowest BCUT2D eigenvalue weighted by Gasteiger charge is -2.25. The minimum atomic E-state index is -5.00. The molecule has 1 aliphatic carbocycles. The molecule has 8 nitrogen and oxygen atoms in total. The van der Waals surface area contributed by atoms with Crippen molar-refractivity contribution in [2.45, 2.75) is 31.0 Å². The summed E-state index contributed by atoms with van der Waals surface area (Å²) in [7, 11) is 0. The average Bonchev–Trinajstić information content (AvgIpc) is 3.08. The number of aliphatic hydroxyl groups is 1. The largest absolute Gasteiger partial charge is 0.481 e. The highest BCUT2D eigenvalue weighted by atomic mass is 19.4. The van der Waals surface area contributed by atoms with E-state index in [0.717, 1.165) is 29.2 Å². The molecular weight excluding hydrogens is 469 g/mol. The molecule has 2 atom stereocenters. The standard InChI is InChI=1S/C24H25F3N2O6/c1-23(34,10-20(30)31)13-29-21(32)19(24(25,26)27)11-28-22(33)35-12-18-16-8-4-2-6-14(16)15-7-3-5-9-17(15)18/h2-9,18-19,34H,10-13H2,1H3,(H,28,33)(H,29,32)(H,30,31). The Kier molecular flexibility index (Phi) is 7.69. The van der Waals surface area contributed by atoms with Crippen LogP contribution in [-0.2, 0) is 14.3 Å². The number of ether oxygens (including phenoxy) is 1. The third-order valence-corrected chi connectivity index (χ3v) is 5.68. The van der Waals surface area contributed by atoms with Gasteiger partial charge in [0.25, 0.3) is 0 Å². The molecule has 11 heteroatoms. The van der Waals surface area contributed by atoms with E-state index < -0.39 is 55.2 Å². The number of nitrogens with one attached hydrogen (secondary N) is 2. The van der Waals surface area contributed by atoms with Crippen LogP contribution in [0.25, 0.3) is 11.1 Å². The fourth-order valence-electron chi connectivity index (χ4n) is 3.98. The number of carbonyl (C=O) groups is 3. The predicted molar refractivity (Wildman–Crippen MR) is 119 cm³/mol. The zero-order chi connectivity index (χ0) is 25.8. The second kappa shape index (κ2) is 10.3. The number of alkyl carbamates (subject to hydrolysis) is 1. The van der Waals surface area contributed by atoms with E-state index in [9.17, 15) is 32.7 Å². The summed E-state index contributed by atoms with van der Waals surface area (Å²) in [6.07, 6.45) is -6.90. The van der Waals surface area contributed by atoms with Crippen molar-refractivity contribution in [3.05, 3.63) is 59.7 Å². The van der Waals surface area contributed by atoms with Gasteiger partial charge in [0.05, 0.1) is 12.0 Å². The van der Waals surface area contributed by atoms with Gasteiger partial charge in [0.2, 0.25) is 5.91 Å². The summed E-state index contributed by atoms with van der Waals surface area (Å²) in [5.74, 6) is -5.80. The van der Waals surface area contributed by atoms with Gasteiger partial charge in [-0.15, -0.1) is 0 Å². The zero-order valence-corrected chi connectivity index (χ0v) is 18.8. The molecule has 2 amide bonds. The van der Waals surface area contributed by atoms with Gasteiger partial charge in [-0.1, -0.05) is 48.5 Å². The van der Waals surface area contributed by atoms with Crippen molar-refractivity contribution in [1.29, 1.82) is 0 Å². The molecule has 2 unspecified atom stereocenters. The van der Waals surface area contributed by atoms with Gasteiger partial charge in [-0.2, -0.15) is 13.2 Å². The minimum Gasteiger partial charge on any atom is -0.481 e. The third kappa shape index (κ3) is 6.50. The van der Waals surface area contributed by atoms with Crippen LogP contribution in [0.4, 0.5) is 18.0 Å². The van der Waals surface area contributed by atoms with Crippen LogP contribution in [0.5, 0.6) is 0 Å². The van der Waals surface area contributed by atoms with Gasteiger partial charge >= 0.3 is 18.2 Å². The Morgan fingerprint density at radius 3 is 2.06 bits per heavy atom. The number of halogens is 3. The molecule has 0 heterocycles. The van der Waals surface area contributed by atoms with Gasteiger partial charge in [0.1, 0.15) is 6.61 Å². The highest BCUT2D eigenvalue weighted by molar-refractivity contribution is 5.81. The van der Waals surface area contributed by atoms with E-state index in [2.05, 4.69) is 0 Å². The molecule has 0 saturated heterocycles. The highest BCUT2D eigenvalue weighted by Crippen LogP contribution is 2.44. The first-order valence-electron chi connectivity index (χ1n) is 10.8. The summed E-state index contributed by atoms with van der Waals surface area (Å²) in [4.78, 5) is 35.0. The van der Waals surface area contributed by atoms with Crippen LogP contribution in [0, 0.1) is 5.92 Å². The monoisotopic (exact) mass is 494 g/mol. The summed E-state index contributed by atoms with van der Waals surface area (Å²) >= 11 is 0. The molecule has 35 heavy (non-hydrogen) atoms. The van der Waals surface area contributed by atoms with Crippen LogP contribution in [0.3, 0.4) is 0 Å². The molecule has 0 radical (unpaired) electrons. The highest BCUT2D eigenvalue weighted by Gasteiger charge is 2.45. The van der Waals surface area contributed by atoms with Crippen LogP contribution >= 0.6 is 0 Å². The van der Waals surface area contributed by atoms with Gasteiger partial charge in [-0.25, -0.2) is 4.79 Å². The topological polar surface area (TPSA) is 125 Å². The molecule has 2 aromatic rings. The Labute approximate surface area is 199 Å². The van der Waals surface area contributed by atoms with Gasteiger partial charge in [0.15, 0.2) is 5.92 Å². The molecule has 0 aromatic heterocycles. The number of hydrogen-bond donors (Lipinski definition) is 4. The Balaban J connectivity index is 1.58. The number of rotatable bonds is 9. The molecular formula is C24H25F3N2O6. The summed E-state index contributed by atoms with van der Waals surface area (Å²) in [5, 5.41) is 22.5. The summed E-state index contributed by atoms with van der Waals surface area (Å²) in [5.41, 5.74) is 1.90. The van der Waals surface area contributed by atoms with Crippen LogP contribution < -0.4 is 10.6 Å². The lowest BCUT2D eigenvalue weighted by atomic mass is 9.98. The first-order chi connectivity index (χ1) is 16.4. The van der Waals surface area contributed by atoms with Crippen LogP contribution in [0.2, 0.25) is 0 Å². The van der Waals surface area contributed by atoms with Gasteiger partial charge in [-0.3, -0.25) is 9.59 Å². The predicted octanol–water partition coefficient (Wildman–Crippen LogP) is 3.05. The van der Waals surface area contributed by atoms with E-state index in [1.807, 2.05) is 59.2 Å². The lowest BCUT2D eigenvalue weighted by molar-refractivity contribution is -0.182. The minimum absolute atomic E-state index is 0.110. The molecule has 0 saturated carbocycles. The summed E-state index contributed by atoms with van der Waals surface area (Å²) in [6.45, 7) is -0.845. The van der Waals surface area contributed by atoms with Crippen LogP contribution in [-0.4, -0.2) is 59.7 Å². The lowest BCUT2D eigenvalue weighted by Crippen LogP contribution is -2.50. The van der Waals surface area contributed by atoms with E-state index in [0.29, 0.717) is 0 Å². The number of fused-ring (bicyclic) bond motifs is 3. The average molecular weight is 494 g/mol. The number of carbonyl (C=O) groups excluding carboxylic acids is 2. The van der Waals surface area contributed by atoms with Crippen molar-refractivity contribution in [3.63, 3.8) is 0 Å². The summed E-state index contributed by atoms with van der Waals surface area (Å²) < 4.78 is 45.4. The van der Waals surface area contributed by atoms with Crippen molar-refractivity contribution in [2.75, 3.05) is 19.7 Å². The molecule has 3 rings (SSSR count). The van der Waals surface area contributed by atoms with E-state index >= 15 is 0 Å². The Hall–Kier alpha value is -3.60. The molecule has 4 N–H and O–H groups in total. The first-order valence-corrected chi connectivity index (χ1v) is 10.8. The second-order valence-corrected chi connectivity index (χ2v) is 8.59. The first kappa shape index (κ1) is 26.0. The van der Waals surface area contributed by atoms with Crippen molar-refractivity contribution in [2.24, 2.45) is 5.92 Å². The van der Waals surface area contributed by atoms with E-state index in [1.165, 1.54) is 0 Å². The van der Waals surface area contributed by atoms with Gasteiger partial charge < -0.3 is 25.6 Å².